The summed E-state index contributed by atoms with van der Waals surface area (Å²) in [5.41, 5.74) is 0. The molecule has 1 heterocycles. The maximum Gasteiger partial charge on any atom is 0.223 e. The molecule has 0 radical (unpaired) electrons. The summed E-state index contributed by atoms with van der Waals surface area (Å²) in [4.78, 5) is 14.1. The topological polar surface area (TPSA) is 63.7 Å². The molecule has 0 saturated carbocycles. The van der Waals surface area contributed by atoms with Gasteiger partial charge in [-0.2, -0.15) is 0 Å². The molecule has 0 atom stereocenters. The smallest absolute Gasteiger partial charge is 0.223 e. The lowest BCUT2D eigenvalue weighted by Gasteiger charge is -2.31. The molecule has 6 heteroatoms. The average Bonchev–Trinajstić information content (AvgIpc) is 2.53. The average molecular weight is 311 g/mol. The van der Waals surface area contributed by atoms with E-state index in [1.165, 1.54) is 0 Å². The third-order valence-corrected chi connectivity index (χ3v) is 5.55. The fraction of sp³-hybridized carbons (Fsp3) is 0.533. The van der Waals surface area contributed by atoms with E-state index >= 15 is 0 Å². The summed E-state index contributed by atoms with van der Waals surface area (Å²) >= 11 is 0. The normalized spacial score (nSPS) is 16.9. The van der Waals surface area contributed by atoms with Crippen molar-refractivity contribution in [1.29, 1.82) is 0 Å². The van der Waals surface area contributed by atoms with Crippen molar-refractivity contribution in [2.45, 2.75) is 30.3 Å². The van der Waals surface area contributed by atoms with Crippen molar-refractivity contribution in [3.05, 3.63) is 30.3 Å². The fourth-order valence-corrected chi connectivity index (χ4v) is 3.72. The molecule has 0 unspecified atom stereocenters. The van der Waals surface area contributed by atoms with Crippen molar-refractivity contribution < 1.29 is 17.9 Å². The molecule has 116 valence electrons. The predicted molar refractivity (Wildman–Crippen MR) is 79.7 cm³/mol. The summed E-state index contributed by atoms with van der Waals surface area (Å²) in [5, 5.41) is 0. The van der Waals surface area contributed by atoms with Crippen LogP contribution in [0.5, 0.6) is 0 Å². The Labute approximate surface area is 125 Å². The molecule has 2 rings (SSSR count). The van der Waals surface area contributed by atoms with Gasteiger partial charge in [-0.05, 0) is 25.0 Å². The van der Waals surface area contributed by atoms with Gasteiger partial charge in [-0.3, -0.25) is 4.79 Å². The van der Waals surface area contributed by atoms with Crippen molar-refractivity contribution in [2.24, 2.45) is 0 Å². The number of hydrogen-bond donors (Lipinski definition) is 0. The van der Waals surface area contributed by atoms with Gasteiger partial charge < -0.3 is 9.64 Å². The highest BCUT2D eigenvalue weighted by Gasteiger charge is 2.24. The van der Waals surface area contributed by atoms with E-state index in [0.717, 1.165) is 12.8 Å². The molecule has 1 fully saturated rings. The highest BCUT2D eigenvalue weighted by atomic mass is 32.2. The number of ether oxygens (including phenoxy) is 1. The van der Waals surface area contributed by atoms with Gasteiger partial charge in [0.25, 0.3) is 0 Å². The number of piperidine rings is 1. The number of amides is 1. The van der Waals surface area contributed by atoms with E-state index in [4.69, 9.17) is 4.74 Å². The maximum absolute atomic E-state index is 12.1. The Kier molecular flexibility index (Phi) is 5.36. The summed E-state index contributed by atoms with van der Waals surface area (Å²) in [5.74, 6) is -0.232. The molecule has 0 spiro atoms. The van der Waals surface area contributed by atoms with Crippen molar-refractivity contribution in [3.63, 3.8) is 0 Å². The maximum atomic E-state index is 12.1. The minimum atomic E-state index is -3.38. The standard InChI is InChI=1S/C15H21NO4S/c1-20-13-7-10-16(11-8-13)15(17)9-12-21(18,19)14-5-3-2-4-6-14/h2-6,13H,7-12H2,1H3. The minimum absolute atomic E-state index is 0.0366. The molecule has 1 aliphatic rings. The summed E-state index contributed by atoms with van der Waals surface area (Å²) in [6.07, 6.45) is 1.87. The van der Waals surface area contributed by atoms with Gasteiger partial charge in [0.15, 0.2) is 9.84 Å². The first-order chi connectivity index (χ1) is 10.0. The Bertz CT molecular complexity index is 563. The van der Waals surface area contributed by atoms with Gasteiger partial charge in [0.1, 0.15) is 0 Å². The SMILES string of the molecule is COC1CCN(C(=O)CCS(=O)(=O)c2ccccc2)CC1. The monoisotopic (exact) mass is 311 g/mol. The van der Waals surface area contributed by atoms with Crippen LogP contribution >= 0.6 is 0 Å². The van der Waals surface area contributed by atoms with Crippen LogP contribution in [0.25, 0.3) is 0 Å². The van der Waals surface area contributed by atoms with Gasteiger partial charge in [-0.15, -0.1) is 0 Å². The third kappa shape index (κ3) is 4.28. The van der Waals surface area contributed by atoms with Crippen LogP contribution in [0.3, 0.4) is 0 Å². The molecular formula is C15H21NO4S. The molecule has 0 aromatic heterocycles. The first-order valence-electron chi connectivity index (χ1n) is 7.11. The van der Waals surface area contributed by atoms with Crippen LogP contribution in [0, 0.1) is 0 Å². The second kappa shape index (κ2) is 7.04. The third-order valence-electron chi connectivity index (χ3n) is 3.82. The molecular weight excluding hydrogens is 290 g/mol. The lowest BCUT2D eigenvalue weighted by atomic mass is 10.1. The molecule has 21 heavy (non-hydrogen) atoms. The van der Waals surface area contributed by atoms with Crippen LogP contribution in [0.15, 0.2) is 35.2 Å². The van der Waals surface area contributed by atoms with Crippen molar-refractivity contribution in [1.82, 2.24) is 4.90 Å². The van der Waals surface area contributed by atoms with Gasteiger partial charge in [-0.1, -0.05) is 18.2 Å². The van der Waals surface area contributed by atoms with Crippen molar-refractivity contribution in [2.75, 3.05) is 26.0 Å². The van der Waals surface area contributed by atoms with Gasteiger partial charge in [0, 0.05) is 26.6 Å². The summed E-state index contributed by atoms with van der Waals surface area (Å²) in [7, 11) is -1.71. The van der Waals surface area contributed by atoms with E-state index in [2.05, 4.69) is 0 Å². The Balaban J connectivity index is 1.87. The highest BCUT2D eigenvalue weighted by molar-refractivity contribution is 7.91. The van der Waals surface area contributed by atoms with Crippen LogP contribution in [0.2, 0.25) is 0 Å². The second-order valence-corrected chi connectivity index (χ2v) is 7.31. The zero-order chi connectivity index (χ0) is 15.3. The number of likely N-dealkylation sites (tertiary alicyclic amines) is 1. The number of carbonyl (C=O) groups is 1. The first kappa shape index (κ1) is 16.0. The van der Waals surface area contributed by atoms with E-state index in [1.807, 2.05) is 0 Å². The zero-order valence-electron chi connectivity index (χ0n) is 12.2. The number of rotatable bonds is 5. The van der Waals surface area contributed by atoms with E-state index in [-0.39, 0.29) is 29.1 Å². The van der Waals surface area contributed by atoms with Crippen LogP contribution in [-0.4, -0.2) is 51.3 Å². The van der Waals surface area contributed by atoms with Crippen LogP contribution in [0.1, 0.15) is 19.3 Å². The van der Waals surface area contributed by atoms with Crippen LogP contribution < -0.4 is 0 Å². The highest BCUT2D eigenvalue weighted by Crippen LogP contribution is 2.15. The lowest BCUT2D eigenvalue weighted by molar-refractivity contribution is -0.133. The molecule has 1 aliphatic heterocycles. The number of sulfone groups is 1. The molecule has 0 bridgehead atoms. The number of hydrogen-bond acceptors (Lipinski definition) is 4. The summed E-state index contributed by atoms with van der Waals surface area (Å²) in [6.45, 7) is 1.28. The van der Waals surface area contributed by atoms with Gasteiger partial charge in [0.2, 0.25) is 5.91 Å². The summed E-state index contributed by atoms with van der Waals surface area (Å²) < 4.78 is 29.5. The van der Waals surface area contributed by atoms with Gasteiger partial charge >= 0.3 is 0 Å². The largest absolute Gasteiger partial charge is 0.381 e. The van der Waals surface area contributed by atoms with E-state index in [9.17, 15) is 13.2 Å². The Morgan fingerprint density at radius 3 is 2.43 bits per heavy atom. The van der Waals surface area contributed by atoms with Crippen LogP contribution in [-0.2, 0) is 19.4 Å². The van der Waals surface area contributed by atoms with Crippen molar-refractivity contribution in [3.8, 4) is 0 Å². The number of nitrogens with zero attached hydrogens (tertiary/aromatic N) is 1. The molecule has 1 amide bonds. The molecule has 1 saturated heterocycles. The zero-order valence-corrected chi connectivity index (χ0v) is 13.0. The molecule has 0 N–H and O–H groups in total. The van der Waals surface area contributed by atoms with E-state index < -0.39 is 9.84 Å². The Morgan fingerprint density at radius 2 is 1.86 bits per heavy atom. The van der Waals surface area contributed by atoms with Crippen LogP contribution in [0.4, 0.5) is 0 Å². The van der Waals surface area contributed by atoms with Gasteiger partial charge in [0.05, 0.1) is 16.8 Å². The fourth-order valence-electron chi connectivity index (χ4n) is 2.47. The van der Waals surface area contributed by atoms with Crippen molar-refractivity contribution >= 4 is 15.7 Å². The Morgan fingerprint density at radius 1 is 1.24 bits per heavy atom. The molecule has 1 aromatic rings. The van der Waals surface area contributed by atoms with Gasteiger partial charge in [-0.25, -0.2) is 8.42 Å². The summed E-state index contributed by atoms with van der Waals surface area (Å²) in [6, 6.07) is 8.26. The minimum Gasteiger partial charge on any atom is -0.381 e. The van der Waals surface area contributed by atoms with E-state index in [1.54, 1.807) is 42.3 Å². The predicted octanol–water partition coefficient (Wildman–Crippen LogP) is 1.49. The molecule has 5 nitrogen and oxygen atoms in total. The number of carbonyl (C=O) groups excluding carboxylic acids is 1. The quantitative estimate of drug-likeness (QED) is 0.826. The molecule has 1 aromatic carbocycles. The first-order valence-corrected chi connectivity index (χ1v) is 8.76. The molecule has 0 aliphatic carbocycles. The number of methoxy groups -OCH3 is 1. The second-order valence-electron chi connectivity index (χ2n) is 5.20. The Hall–Kier alpha value is -1.40. The number of benzene rings is 1. The van der Waals surface area contributed by atoms with E-state index in [0.29, 0.717) is 13.1 Å². The lowest BCUT2D eigenvalue weighted by Crippen LogP contribution is -2.41.